The molecule has 0 fully saturated rings. The van der Waals surface area contributed by atoms with Crippen LogP contribution in [0.2, 0.25) is 0 Å². The number of rotatable bonds is 4. The molecule has 0 N–H and O–H groups in total. The molecular weight excluding hydrogens is 260 g/mol. The zero-order chi connectivity index (χ0) is 11.3. The SMILES string of the molecule is CCOC(=O)c1cc(Br)cc(OCC)c1. The molecule has 4 heteroatoms. The summed E-state index contributed by atoms with van der Waals surface area (Å²) in [6.45, 7) is 4.61. The van der Waals surface area contributed by atoms with Gasteiger partial charge in [-0.15, -0.1) is 0 Å². The summed E-state index contributed by atoms with van der Waals surface area (Å²) in [5, 5.41) is 0. The van der Waals surface area contributed by atoms with E-state index in [4.69, 9.17) is 9.47 Å². The van der Waals surface area contributed by atoms with Crippen LogP contribution in [0, 0.1) is 0 Å². The van der Waals surface area contributed by atoms with Crippen LogP contribution in [0.4, 0.5) is 0 Å². The van der Waals surface area contributed by atoms with Gasteiger partial charge in [-0.1, -0.05) is 15.9 Å². The van der Waals surface area contributed by atoms with Gasteiger partial charge in [0.15, 0.2) is 0 Å². The van der Waals surface area contributed by atoms with Crippen molar-refractivity contribution in [2.75, 3.05) is 13.2 Å². The lowest BCUT2D eigenvalue weighted by Crippen LogP contribution is -2.05. The lowest BCUT2D eigenvalue weighted by molar-refractivity contribution is 0.0526. The Bertz CT molecular complexity index is 350. The molecule has 0 aromatic heterocycles. The third-order valence-corrected chi connectivity index (χ3v) is 2.15. The van der Waals surface area contributed by atoms with Crippen LogP contribution in [-0.4, -0.2) is 19.2 Å². The van der Waals surface area contributed by atoms with Crippen molar-refractivity contribution in [3.63, 3.8) is 0 Å². The number of carbonyl (C=O) groups excluding carboxylic acids is 1. The number of hydrogen-bond acceptors (Lipinski definition) is 3. The molecule has 0 saturated heterocycles. The van der Waals surface area contributed by atoms with Crippen molar-refractivity contribution < 1.29 is 14.3 Å². The van der Waals surface area contributed by atoms with Gasteiger partial charge in [0, 0.05) is 4.47 Å². The molecule has 0 aliphatic carbocycles. The monoisotopic (exact) mass is 272 g/mol. The smallest absolute Gasteiger partial charge is 0.338 e. The Balaban J connectivity index is 2.92. The van der Waals surface area contributed by atoms with Crippen molar-refractivity contribution in [1.82, 2.24) is 0 Å². The Morgan fingerprint density at radius 3 is 2.60 bits per heavy atom. The fraction of sp³-hybridized carbons (Fsp3) is 0.364. The predicted molar refractivity (Wildman–Crippen MR) is 61.3 cm³/mol. The second-order valence-electron chi connectivity index (χ2n) is 2.83. The first-order chi connectivity index (χ1) is 7.17. The summed E-state index contributed by atoms with van der Waals surface area (Å²) in [4.78, 5) is 11.5. The summed E-state index contributed by atoms with van der Waals surface area (Å²) in [5.74, 6) is 0.328. The highest BCUT2D eigenvalue weighted by Gasteiger charge is 2.09. The second-order valence-corrected chi connectivity index (χ2v) is 3.74. The molecule has 0 aliphatic heterocycles. The van der Waals surface area contributed by atoms with Crippen molar-refractivity contribution in [3.8, 4) is 5.75 Å². The van der Waals surface area contributed by atoms with E-state index in [1.165, 1.54) is 0 Å². The van der Waals surface area contributed by atoms with E-state index in [1.54, 1.807) is 19.1 Å². The van der Waals surface area contributed by atoms with Gasteiger partial charge in [0.2, 0.25) is 0 Å². The average Bonchev–Trinajstić information content (AvgIpc) is 2.17. The minimum absolute atomic E-state index is 0.334. The number of halogens is 1. The molecule has 15 heavy (non-hydrogen) atoms. The number of benzene rings is 1. The van der Waals surface area contributed by atoms with Crippen LogP contribution in [0.1, 0.15) is 24.2 Å². The Labute approximate surface area is 97.5 Å². The lowest BCUT2D eigenvalue weighted by atomic mass is 10.2. The van der Waals surface area contributed by atoms with Crippen LogP contribution < -0.4 is 4.74 Å². The summed E-state index contributed by atoms with van der Waals surface area (Å²) in [6.07, 6.45) is 0. The van der Waals surface area contributed by atoms with Gasteiger partial charge in [-0.3, -0.25) is 0 Å². The molecule has 0 spiro atoms. The first kappa shape index (κ1) is 12.0. The van der Waals surface area contributed by atoms with E-state index >= 15 is 0 Å². The molecule has 3 nitrogen and oxygen atoms in total. The number of ether oxygens (including phenoxy) is 2. The van der Waals surface area contributed by atoms with E-state index in [1.807, 2.05) is 13.0 Å². The van der Waals surface area contributed by atoms with E-state index in [0.29, 0.717) is 24.5 Å². The first-order valence-corrected chi connectivity index (χ1v) is 5.57. The van der Waals surface area contributed by atoms with E-state index in [9.17, 15) is 4.79 Å². The largest absolute Gasteiger partial charge is 0.494 e. The molecule has 0 bridgehead atoms. The summed E-state index contributed by atoms with van der Waals surface area (Å²) < 4.78 is 11.0. The normalized spacial score (nSPS) is 9.80. The fourth-order valence-electron chi connectivity index (χ4n) is 1.14. The quantitative estimate of drug-likeness (QED) is 0.791. The second kappa shape index (κ2) is 5.75. The van der Waals surface area contributed by atoms with Crippen LogP contribution in [0.25, 0.3) is 0 Å². The summed E-state index contributed by atoms with van der Waals surface area (Å²) in [6, 6.07) is 5.19. The molecular formula is C11H13BrO3. The van der Waals surface area contributed by atoms with Gasteiger partial charge in [-0.2, -0.15) is 0 Å². The van der Waals surface area contributed by atoms with Gasteiger partial charge in [-0.25, -0.2) is 4.79 Å². The predicted octanol–water partition coefficient (Wildman–Crippen LogP) is 3.02. The summed E-state index contributed by atoms with van der Waals surface area (Å²) in [7, 11) is 0. The number of carbonyl (C=O) groups is 1. The lowest BCUT2D eigenvalue weighted by Gasteiger charge is -2.06. The van der Waals surface area contributed by atoms with Gasteiger partial charge in [0.1, 0.15) is 5.75 Å². The molecule has 0 aliphatic rings. The first-order valence-electron chi connectivity index (χ1n) is 4.77. The number of esters is 1. The summed E-state index contributed by atoms with van der Waals surface area (Å²) in [5.41, 5.74) is 0.495. The molecule has 0 atom stereocenters. The Hall–Kier alpha value is -1.03. The van der Waals surface area contributed by atoms with Crippen LogP contribution in [-0.2, 0) is 4.74 Å². The van der Waals surface area contributed by atoms with Crippen LogP contribution in [0.3, 0.4) is 0 Å². The molecule has 0 unspecified atom stereocenters. The molecule has 0 amide bonds. The Morgan fingerprint density at radius 1 is 1.27 bits per heavy atom. The maximum atomic E-state index is 11.5. The fourth-order valence-corrected chi connectivity index (χ4v) is 1.62. The van der Waals surface area contributed by atoms with Gasteiger partial charge in [-0.05, 0) is 32.0 Å². The highest BCUT2D eigenvalue weighted by molar-refractivity contribution is 9.10. The molecule has 1 rings (SSSR count). The van der Waals surface area contributed by atoms with E-state index < -0.39 is 0 Å². The average molecular weight is 273 g/mol. The van der Waals surface area contributed by atoms with Crippen molar-refractivity contribution in [3.05, 3.63) is 28.2 Å². The van der Waals surface area contributed by atoms with E-state index in [-0.39, 0.29) is 5.97 Å². The van der Waals surface area contributed by atoms with Crippen molar-refractivity contribution in [2.24, 2.45) is 0 Å². The maximum Gasteiger partial charge on any atom is 0.338 e. The minimum Gasteiger partial charge on any atom is -0.494 e. The van der Waals surface area contributed by atoms with E-state index in [2.05, 4.69) is 15.9 Å². The molecule has 1 aromatic rings. The maximum absolute atomic E-state index is 11.5. The van der Waals surface area contributed by atoms with Gasteiger partial charge in [0.25, 0.3) is 0 Å². The molecule has 0 radical (unpaired) electrons. The van der Waals surface area contributed by atoms with Gasteiger partial charge >= 0.3 is 5.97 Å². The standard InChI is InChI=1S/C11H13BrO3/c1-3-14-10-6-8(5-9(12)7-10)11(13)15-4-2/h5-7H,3-4H2,1-2H3. The highest BCUT2D eigenvalue weighted by Crippen LogP contribution is 2.22. The van der Waals surface area contributed by atoms with Gasteiger partial charge < -0.3 is 9.47 Å². The minimum atomic E-state index is -0.334. The topological polar surface area (TPSA) is 35.5 Å². The zero-order valence-corrected chi connectivity index (χ0v) is 10.3. The molecule has 0 saturated carbocycles. The van der Waals surface area contributed by atoms with Crippen molar-refractivity contribution in [2.45, 2.75) is 13.8 Å². The van der Waals surface area contributed by atoms with E-state index in [0.717, 1.165) is 4.47 Å². The van der Waals surface area contributed by atoms with Gasteiger partial charge in [0.05, 0.1) is 18.8 Å². The van der Waals surface area contributed by atoms with Crippen LogP contribution >= 0.6 is 15.9 Å². The Morgan fingerprint density at radius 2 is 2.00 bits per heavy atom. The Kier molecular flexibility index (Phi) is 4.62. The zero-order valence-electron chi connectivity index (χ0n) is 8.75. The summed E-state index contributed by atoms with van der Waals surface area (Å²) >= 11 is 3.31. The van der Waals surface area contributed by atoms with Crippen molar-refractivity contribution >= 4 is 21.9 Å². The highest BCUT2D eigenvalue weighted by atomic mass is 79.9. The van der Waals surface area contributed by atoms with Crippen LogP contribution in [0.5, 0.6) is 5.75 Å². The van der Waals surface area contributed by atoms with Crippen molar-refractivity contribution in [1.29, 1.82) is 0 Å². The third kappa shape index (κ3) is 3.55. The van der Waals surface area contributed by atoms with Crippen LogP contribution in [0.15, 0.2) is 22.7 Å². The molecule has 1 aromatic carbocycles. The molecule has 0 heterocycles. The number of hydrogen-bond donors (Lipinski definition) is 0. The molecule has 82 valence electrons. The third-order valence-electron chi connectivity index (χ3n) is 1.69.